The van der Waals surface area contributed by atoms with Crippen LogP contribution in [-0.2, 0) is 0 Å². The van der Waals surface area contributed by atoms with Crippen molar-refractivity contribution in [2.75, 3.05) is 20.1 Å². The standard InChI is InChI=1S/C13H28N2/c1-5-6-11(2)14-9-10-15(4)12(3)13-7-8-13/h11-14H,5-10H2,1-4H3. The van der Waals surface area contributed by atoms with Gasteiger partial charge in [-0.15, -0.1) is 0 Å². The van der Waals surface area contributed by atoms with Crippen molar-refractivity contribution in [1.29, 1.82) is 0 Å². The van der Waals surface area contributed by atoms with E-state index in [9.17, 15) is 0 Å². The Hall–Kier alpha value is -0.0800. The van der Waals surface area contributed by atoms with Gasteiger partial charge in [-0.05, 0) is 46.1 Å². The monoisotopic (exact) mass is 212 g/mol. The zero-order valence-corrected chi connectivity index (χ0v) is 10.9. The highest BCUT2D eigenvalue weighted by molar-refractivity contribution is 4.84. The lowest BCUT2D eigenvalue weighted by Gasteiger charge is -2.25. The molecule has 2 unspecified atom stereocenters. The van der Waals surface area contributed by atoms with Crippen molar-refractivity contribution in [1.82, 2.24) is 10.2 Å². The lowest BCUT2D eigenvalue weighted by Crippen LogP contribution is -2.38. The van der Waals surface area contributed by atoms with Gasteiger partial charge in [0.1, 0.15) is 0 Å². The molecule has 0 heterocycles. The van der Waals surface area contributed by atoms with Crippen LogP contribution in [0.1, 0.15) is 46.5 Å². The summed E-state index contributed by atoms with van der Waals surface area (Å²) in [5, 5.41) is 3.59. The first-order valence-corrected chi connectivity index (χ1v) is 6.58. The summed E-state index contributed by atoms with van der Waals surface area (Å²) in [7, 11) is 2.26. The van der Waals surface area contributed by atoms with E-state index in [4.69, 9.17) is 0 Å². The number of likely N-dealkylation sites (N-methyl/N-ethyl adjacent to an activating group) is 1. The molecule has 2 nitrogen and oxygen atoms in total. The highest BCUT2D eigenvalue weighted by Crippen LogP contribution is 2.34. The highest BCUT2D eigenvalue weighted by atomic mass is 15.1. The van der Waals surface area contributed by atoms with Crippen molar-refractivity contribution in [3.8, 4) is 0 Å². The Balaban J connectivity index is 2.02. The Kier molecular flexibility index (Phi) is 5.62. The third-order valence-corrected chi connectivity index (χ3v) is 3.68. The van der Waals surface area contributed by atoms with Gasteiger partial charge < -0.3 is 10.2 Å². The van der Waals surface area contributed by atoms with Gasteiger partial charge in [0.25, 0.3) is 0 Å². The molecule has 1 saturated carbocycles. The van der Waals surface area contributed by atoms with Gasteiger partial charge in [0.05, 0.1) is 0 Å². The van der Waals surface area contributed by atoms with Crippen LogP contribution in [0.15, 0.2) is 0 Å². The van der Waals surface area contributed by atoms with Crippen molar-refractivity contribution in [2.24, 2.45) is 5.92 Å². The summed E-state index contributed by atoms with van der Waals surface area (Å²) >= 11 is 0. The summed E-state index contributed by atoms with van der Waals surface area (Å²) in [6, 6.07) is 1.47. The molecule has 0 aromatic heterocycles. The molecule has 0 bridgehead atoms. The van der Waals surface area contributed by atoms with Gasteiger partial charge in [0, 0.05) is 25.2 Å². The Morgan fingerprint density at radius 1 is 1.33 bits per heavy atom. The summed E-state index contributed by atoms with van der Waals surface area (Å²) in [6.07, 6.45) is 5.47. The van der Waals surface area contributed by atoms with Gasteiger partial charge in [0.2, 0.25) is 0 Å². The molecule has 1 N–H and O–H groups in total. The van der Waals surface area contributed by atoms with Crippen molar-refractivity contribution in [2.45, 2.75) is 58.5 Å². The Labute approximate surface area is 95.4 Å². The molecule has 2 atom stereocenters. The van der Waals surface area contributed by atoms with E-state index in [-0.39, 0.29) is 0 Å². The third-order valence-electron chi connectivity index (χ3n) is 3.68. The van der Waals surface area contributed by atoms with Gasteiger partial charge in [-0.1, -0.05) is 13.3 Å². The maximum Gasteiger partial charge on any atom is 0.0107 e. The van der Waals surface area contributed by atoms with Crippen molar-refractivity contribution in [3.63, 3.8) is 0 Å². The average Bonchev–Trinajstić information content (AvgIpc) is 3.00. The Bertz CT molecular complexity index is 166. The Morgan fingerprint density at radius 3 is 2.53 bits per heavy atom. The van der Waals surface area contributed by atoms with E-state index in [0.29, 0.717) is 6.04 Å². The number of hydrogen-bond donors (Lipinski definition) is 1. The minimum Gasteiger partial charge on any atom is -0.313 e. The van der Waals surface area contributed by atoms with Gasteiger partial charge in [-0.25, -0.2) is 0 Å². The summed E-state index contributed by atoms with van der Waals surface area (Å²) in [6.45, 7) is 9.22. The molecule has 0 spiro atoms. The molecule has 0 amide bonds. The first kappa shape index (κ1) is 13.0. The van der Waals surface area contributed by atoms with Crippen molar-refractivity contribution >= 4 is 0 Å². The van der Waals surface area contributed by atoms with E-state index in [1.54, 1.807) is 0 Å². The predicted octanol–water partition coefficient (Wildman–Crippen LogP) is 2.49. The minimum absolute atomic E-state index is 0.680. The molecule has 0 aromatic rings. The molecule has 0 aliphatic heterocycles. The lowest BCUT2D eigenvalue weighted by molar-refractivity contribution is 0.232. The van der Waals surface area contributed by atoms with Crippen molar-refractivity contribution in [3.05, 3.63) is 0 Å². The van der Waals surface area contributed by atoms with Gasteiger partial charge in [-0.2, -0.15) is 0 Å². The van der Waals surface area contributed by atoms with Gasteiger partial charge in [0.15, 0.2) is 0 Å². The maximum atomic E-state index is 3.59. The number of nitrogens with zero attached hydrogens (tertiary/aromatic N) is 1. The minimum atomic E-state index is 0.680. The second-order valence-electron chi connectivity index (χ2n) is 5.20. The average molecular weight is 212 g/mol. The zero-order chi connectivity index (χ0) is 11.3. The van der Waals surface area contributed by atoms with E-state index >= 15 is 0 Å². The van der Waals surface area contributed by atoms with Crippen LogP contribution in [0.2, 0.25) is 0 Å². The molecular weight excluding hydrogens is 184 g/mol. The van der Waals surface area contributed by atoms with Crippen LogP contribution in [0.5, 0.6) is 0 Å². The van der Waals surface area contributed by atoms with Crippen LogP contribution < -0.4 is 5.32 Å². The first-order valence-electron chi connectivity index (χ1n) is 6.58. The van der Waals surface area contributed by atoms with Crippen LogP contribution in [0.25, 0.3) is 0 Å². The Morgan fingerprint density at radius 2 is 2.00 bits per heavy atom. The zero-order valence-electron chi connectivity index (χ0n) is 10.9. The molecule has 15 heavy (non-hydrogen) atoms. The molecule has 1 rings (SSSR count). The molecule has 1 aliphatic rings. The second-order valence-corrected chi connectivity index (χ2v) is 5.20. The fourth-order valence-corrected chi connectivity index (χ4v) is 2.16. The summed E-state index contributed by atoms with van der Waals surface area (Å²) in [5.41, 5.74) is 0. The van der Waals surface area contributed by atoms with Crippen LogP contribution in [0, 0.1) is 5.92 Å². The predicted molar refractivity (Wildman–Crippen MR) is 67.2 cm³/mol. The third kappa shape index (κ3) is 4.98. The summed E-state index contributed by atoms with van der Waals surface area (Å²) in [5.74, 6) is 0.989. The van der Waals surface area contributed by atoms with Crippen LogP contribution in [0.4, 0.5) is 0 Å². The quantitative estimate of drug-likeness (QED) is 0.665. The molecular formula is C13H28N2. The summed E-state index contributed by atoms with van der Waals surface area (Å²) in [4.78, 5) is 2.50. The molecule has 0 aromatic carbocycles. The SMILES string of the molecule is CCCC(C)NCCN(C)C(C)C1CC1. The normalized spacial score (nSPS) is 20.6. The van der Waals surface area contributed by atoms with E-state index in [2.05, 4.69) is 38.0 Å². The van der Waals surface area contributed by atoms with Crippen molar-refractivity contribution < 1.29 is 0 Å². The van der Waals surface area contributed by atoms with E-state index < -0.39 is 0 Å². The van der Waals surface area contributed by atoms with Gasteiger partial charge >= 0.3 is 0 Å². The van der Waals surface area contributed by atoms with Crippen LogP contribution in [-0.4, -0.2) is 37.1 Å². The number of nitrogens with one attached hydrogen (secondary N) is 1. The van der Waals surface area contributed by atoms with E-state index in [0.717, 1.165) is 18.5 Å². The van der Waals surface area contributed by atoms with Crippen LogP contribution in [0.3, 0.4) is 0 Å². The molecule has 0 saturated heterocycles. The first-order chi connectivity index (χ1) is 7.15. The van der Waals surface area contributed by atoms with Crippen LogP contribution >= 0.6 is 0 Å². The number of rotatable bonds is 8. The summed E-state index contributed by atoms with van der Waals surface area (Å²) < 4.78 is 0. The fourth-order valence-electron chi connectivity index (χ4n) is 2.16. The molecule has 90 valence electrons. The smallest absolute Gasteiger partial charge is 0.0107 e. The fraction of sp³-hybridized carbons (Fsp3) is 1.00. The molecule has 1 aliphatic carbocycles. The van der Waals surface area contributed by atoms with E-state index in [1.165, 1.54) is 32.2 Å². The number of hydrogen-bond acceptors (Lipinski definition) is 2. The van der Waals surface area contributed by atoms with Gasteiger partial charge in [-0.3, -0.25) is 0 Å². The molecule has 0 radical (unpaired) electrons. The molecule has 1 fully saturated rings. The lowest BCUT2D eigenvalue weighted by atomic mass is 10.2. The maximum absolute atomic E-state index is 3.59. The largest absolute Gasteiger partial charge is 0.313 e. The molecule has 2 heteroatoms. The highest BCUT2D eigenvalue weighted by Gasteiger charge is 2.29. The topological polar surface area (TPSA) is 15.3 Å². The van der Waals surface area contributed by atoms with E-state index in [1.807, 2.05) is 0 Å². The second kappa shape index (κ2) is 6.49.